The van der Waals surface area contributed by atoms with Crippen LogP contribution in [0.5, 0.6) is 0 Å². The van der Waals surface area contributed by atoms with Gasteiger partial charge in [0.2, 0.25) is 0 Å². The van der Waals surface area contributed by atoms with Gasteiger partial charge in [-0.25, -0.2) is 4.98 Å². The first-order valence-electron chi connectivity index (χ1n) is 8.17. The van der Waals surface area contributed by atoms with Crippen molar-refractivity contribution in [3.05, 3.63) is 16.1 Å². The molecule has 2 rings (SSSR count). The highest BCUT2D eigenvalue weighted by Gasteiger charge is 2.33. The molecule has 25 heavy (non-hydrogen) atoms. The van der Waals surface area contributed by atoms with E-state index in [9.17, 15) is 13.2 Å². The number of alkyl halides is 3. The van der Waals surface area contributed by atoms with Gasteiger partial charge in [-0.1, -0.05) is 0 Å². The predicted octanol–water partition coefficient (Wildman–Crippen LogP) is 3.32. The molecule has 5 nitrogen and oxygen atoms in total. The quantitative estimate of drug-likeness (QED) is 0.266. The predicted molar refractivity (Wildman–Crippen MR) is 106 cm³/mol. The lowest BCUT2D eigenvalue weighted by Gasteiger charge is -2.15. The van der Waals surface area contributed by atoms with E-state index in [2.05, 4.69) is 25.5 Å². The molecule has 1 saturated heterocycles. The summed E-state index contributed by atoms with van der Waals surface area (Å²) >= 11 is 0.993. The van der Waals surface area contributed by atoms with Crippen molar-refractivity contribution in [2.45, 2.75) is 38.4 Å². The monoisotopic (exact) mass is 491 g/mol. The van der Waals surface area contributed by atoms with Gasteiger partial charge in [0.1, 0.15) is 5.01 Å². The Morgan fingerprint density at radius 1 is 1.28 bits per heavy atom. The van der Waals surface area contributed by atoms with Crippen molar-refractivity contribution in [3.63, 3.8) is 0 Å². The maximum atomic E-state index is 12.5. The van der Waals surface area contributed by atoms with E-state index in [1.54, 1.807) is 7.05 Å². The van der Waals surface area contributed by atoms with Gasteiger partial charge < -0.3 is 15.5 Å². The molecular formula is C15H25F3IN5S. The number of aliphatic imine (C=N–C) groups is 1. The van der Waals surface area contributed by atoms with Crippen LogP contribution < -0.4 is 10.6 Å². The van der Waals surface area contributed by atoms with E-state index in [1.807, 2.05) is 0 Å². The molecule has 0 saturated carbocycles. The van der Waals surface area contributed by atoms with Crippen LogP contribution in [-0.4, -0.2) is 49.1 Å². The van der Waals surface area contributed by atoms with Gasteiger partial charge in [0.15, 0.2) is 11.7 Å². The third kappa shape index (κ3) is 8.07. The second kappa shape index (κ2) is 11.2. The molecule has 0 bridgehead atoms. The Hall–Kier alpha value is -0.620. The Balaban J connectivity index is 0.00000312. The van der Waals surface area contributed by atoms with Crippen LogP contribution in [-0.2, 0) is 12.7 Å². The van der Waals surface area contributed by atoms with Crippen molar-refractivity contribution >= 4 is 41.3 Å². The molecule has 0 unspecified atom stereocenters. The molecule has 1 aromatic rings. The van der Waals surface area contributed by atoms with Crippen molar-refractivity contribution in [1.29, 1.82) is 0 Å². The Morgan fingerprint density at radius 3 is 2.60 bits per heavy atom. The maximum absolute atomic E-state index is 12.5. The Bertz CT molecular complexity index is 529. The first-order valence-corrected chi connectivity index (χ1v) is 9.05. The third-order valence-electron chi connectivity index (χ3n) is 3.87. The number of nitrogens with one attached hydrogen (secondary N) is 2. The van der Waals surface area contributed by atoms with Crippen LogP contribution in [0.4, 0.5) is 13.2 Å². The first-order chi connectivity index (χ1) is 11.5. The number of unbranched alkanes of at least 4 members (excludes halogenated alkanes) is 1. The average molecular weight is 491 g/mol. The lowest BCUT2D eigenvalue weighted by atomic mass is 10.3. The summed E-state index contributed by atoms with van der Waals surface area (Å²) < 4.78 is 37.5. The topological polar surface area (TPSA) is 52.6 Å². The normalized spacial score (nSPS) is 15.9. The van der Waals surface area contributed by atoms with E-state index in [0.29, 0.717) is 11.0 Å². The number of nitrogens with zero attached hydrogens (tertiary/aromatic N) is 3. The fourth-order valence-electron chi connectivity index (χ4n) is 2.58. The highest BCUT2D eigenvalue weighted by molar-refractivity contribution is 14.0. The van der Waals surface area contributed by atoms with Crippen LogP contribution in [0.25, 0.3) is 0 Å². The van der Waals surface area contributed by atoms with Gasteiger partial charge in [0.25, 0.3) is 0 Å². The van der Waals surface area contributed by atoms with E-state index < -0.39 is 11.9 Å². The fraction of sp³-hybridized carbons (Fsp3) is 0.733. The molecule has 144 valence electrons. The van der Waals surface area contributed by atoms with Gasteiger partial charge in [-0.15, -0.1) is 35.3 Å². The van der Waals surface area contributed by atoms with Crippen molar-refractivity contribution in [2.75, 3.05) is 33.2 Å². The largest absolute Gasteiger partial charge is 0.434 e. The van der Waals surface area contributed by atoms with Gasteiger partial charge >= 0.3 is 6.18 Å². The standard InChI is InChI=1S/C15H24F3N5S.HI/c1-19-14(20-6-2-3-7-23-8-4-5-9-23)21-10-13-22-12(11-24-13)15(16,17)18;/h11H,2-10H2,1H3,(H2,19,20,21);1H. The zero-order valence-corrected chi connectivity index (χ0v) is 17.4. The van der Waals surface area contributed by atoms with Crippen LogP contribution in [0.15, 0.2) is 10.4 Å². The fourth-order valence-corrected chi connectivity index (χ4v) is 3.32. The molecule has 0 aromatic carbocycles. The van der Waals surface area contributed by atoms with Crippen molar-refractivity contribution in [1.82, 2.24) is 20.5 Å². The average Bonchev–Trinajstić information content (AvgIpc) is 3.20. The van der Waals surface area contributed by atoms with Gasteiger partial charge in [-0.2, -0.15) is 13.2 Å². The molecule has 0 aliphatic carbocycles. The van der Waals surface area contributed by atoms with Crippen molar-refractivity contribution in [2.24, 2.45) is 4.99 Å². The molecule has 0 spiro atoms. The SMILES string of the molecule is CN=C(NCCCCN1CCCC1)NCc1nc(C(F)(F)F)cs1.I. The zero-order valence-electron chi connectivity index (χ0n) is 14.2. The van der Waals surface area contributed by atoms with E-state index in [0.717, 1.165) is 42.6 Å². The molecule has 0 amide bonds. The molecule has 2 N–H and O–H groups in total. The van der Waals surface area contributed by atoms with E-state index in [-0.39, 0.29) is 30.5 Å². The molecule has 1 aliphatic rings. The summed E-state index contributed by atoms with van der Waals surface area (Å²) in [7, 11) is 1.64. The van der Waals surface area contributed by atoms with Crippen LogP contribution in [0.1, 0.15) is 36.4 Å². The van der Waals surface area contributed by atoms with E-state index in [1.165, 1.54) is 25.9 Å². The Kier molecular flexibility index (Phi) is 10.0. The van der Waals surface area contributed by atoms with Crippen LogP contribution in [0.2, 0.25) is 0 Å². The highest BCUT2D eigenvalue weighted by atomic mass is 127. The number of guanidine groups is 1. The number of hydrogen-bond acceptors (Lipinski definition) is 4. The first kappa shape index (κ1) is 22.4. The minimum atomic E-state index is -4.38. The van der Waals surface area contributed by atoms with E-state index in [4.69, 9.17) is 0 Å². The number of aromatic nitrogens is 1. The Morgan fingerprint density at radius 2 is 2.00 bits per heavy atom. The molecule has 1 aliphatic heterocycles. The second-order valence-corrected chi connectivity index (χ2v) is 6.68. The number of rotatable bonds is 7. The zero-order chi connectivity index (χ0) is 17.4. The minimum Gasteiger partial charge on any atom is -0.356 e. The van der Waals surface area contributed by atoms with Crippen molar-refractivity contribution < 1.29 is 13.2 Å². The molecule has 1 fully saturated rings. The van der Waals surface area contributed by atoms with Gasteiger partial charge in [0, 0.05) is 19.0 Å². The Labute approximate surface area is 167 Å². The second-order valence-electron chi connectivity index (χ2n) is 5.73. The summed E-state index contributed by atoms with van der Waals surface area (Å²) in [6.45, 7) is 4.58. The lowest BCUT2D eigenvalue weighted by Crippen LogP contribution is -2.37. The van der Waals surface area contributed by atoms with Crippen LogP contribution in [0, 0.1) is 0 Å². The molecule has 10 heteroatoms. The minimum absolute atomic E-state index is 0. The number of hydrogen-bond donors (Lipinski definition) is 2. The van der Waals surface area contributed by atoms with Crippen LogP contribution in [0.3, 0.4) is 0 Å². The summed E-state index contributed by atoms with van der Waals surface area (Å²) in [6, 6.07) is 0. The summed E-state index contributed by atoms with van der Waals surface area (Å²) in [5.74, 6) is 0.583. The number of halogens is 4. The molecule has 2 heterocycles. The lowest BCUT2D eigenvalue weighted by molar-refractivity contribution is -0.140. The van der Waals surface area contributed by atoms with Crippen LogP contribution >= 0.6 is 35.3 Å². The van der Waals surface area contributed by atoms with Gasteiger partial charge in [-0.05, 0) is 45.3 Å². The molecule has 0 radical (unpaired) electrons. The summed E-state index contributed by atoms with van der Waals surface area (Å²) in [4.78, 5) is 10.1. The molecule has 0 atom stereocenters. The number of thiazole rings is 1. The van der Waals surface area contributed by atoms with Gasteiger partial charge in [-0.3, -0.25) is 4.99 Å². The number of likely N-dealkylation sites (tertiary alicyclic amines) is 1. The maximum Gasteiger partial charge on any atom is 0.434 e. The highest BCUT2D eigenvalue weighted by Crippen LogP contribution is 2.29. The summed E-state index contributed by atoms with van der Waals surface area (Å²) in [5, 5.41) is 7.59. The molecule has 1 aromatic heterocycles. The smallest absolute Gasteiger partial charge is 0.356 e. The van der Waals surface area contributed by atoms with Gasteiger partial charge in [0.05, 0.1) is 6.54 Å². The van der Waals surface area contributed by atoms with Crippen molar-refractivity contribution in [3.8, 4) is 0 Å². The summed E-state index contributed by atoms with van der Waals surface area (Å²) in [6.07, 6.45) is 0.394. The third-order valence-corrected chi connectivity index (χ3v) is 4.71. The van der Waals surface area contributed by atoms with E-state index >= 15 is 0 Å². The summed E-state index contributed by atoms with van der Waals surface area (Å²) in [5.41, 5.74) is -0.839. The molecular weight excluding hydrogens is 466 g/mol.